The van der Waals surface area contributed by atoms with Gasteiger partial charge in [-0.3, -0.25) is 9.69 Å². The van der Waals surface area contributed by atoms with Crippen molar-refractivity contribution < 1.29 is 22.7 Å². The molecule has 6 nitrogen and oxygen atoms in total. The minimum atomic E-state index is -4.84. The molecule has 1 N–H and O–H groups in total. The van der Waals surface area contributed by atoms with E-state index in [1.807, 2.05) is 37.3 Å². The van der Waals surface area contributed by atoms with Crippen molar-refractivity contribution in [1.82, 2.24) is 9.97 Å². The third-order valence-electron chi connectivity index (χ3n) is 4.44. The Balaban J connectivity index is 1.80. The monoisotopic (exact) mass is 430 g/mol. The number of alkyl halides is 3. The molecule has 0 aliphatic rings. The third kappa shape index (κ3) is 5.94. The molecule has 31 heavy (non-hydrogen) atoms. The van der Waals surface area contributed by atoms with E-state index in [-0.39, 0.29) is 18.2 Å². The SMILES string of the molecule is CCN(C(=O)c1cccc(OC(F)(F)F)c1)c1ccnc(N[C@@H](C)c2ccccc2)n1. The minimum absolute atomic E-state index is 0.0503. The topological polar surface area (TPSA) is 67.4 Å². The second-order valence-corrected chi connectivity index (χ2v) is 6.64. The predicted octanol–water partition coefficient (Wildman–Crippen LogP) is 5.22. The van der Waals surface area contributed by atoms with Crippen molar-refractivity contribution in [2.75, 3.05) is 16.8 Å². The van der Waals surface area contributed by atoms with Crippen molar-refractivity contribution in [1.29, 1.82) is 0 Å². The summed E-state index contributed by atoms with van der Waals surface area (Å²) in [6.45, 7) is 3.96. The van der Waals surface area contributed by atoms with Crippen LogP contribution in [0.3, 0.4) is 0 Å². The van der Waals surface area contributed by atoms with Gasteiger partial charge in [0.05, 0.1) is 6.04 Å². The van der Waals surface area contributed by atoms with E-state index in [0.29, 0.717) is 11.8 Å². The molecule has 0 bridgehead atoms. The van der Waals surface area contributed by atoms with Crippen LogP contribution < -0.4 is 15.0 Å². The van der Waals surface area contributed by atoms with E-state index < -0.39 is 18.0 Å². The maximum absolute atomic E-state index is 13.0. The van der Waals surface area contributed by atoms with Crippen molar-refractivity contribution in [3.05, 3.63) is 78.0 Å². The van der Waals surface area contributed by atoms with Crippen LogP contribution in [0.15, 0.2) is 66.9 Å². The number of amides is 1. The van der Waals surface area contributed by atoms with E-state index in [9.17, 15) is 18.0 Å². The van der Waals surface area contributed by atoms with Crippen LogP contribution in [0.4, 0.5) is 24.9 Å². The van der Waals surface area contributed by atoms with Gasteiger partial charge in [-0.1, -0.05) is 36.4 Å². The first-order valence-corrected chi connectivity index (χ1v) is 9.59. The average Bonchev–Trinajstić information content (AvgIpc) is 2.74. The van der Waals surface area contributed by atoms with Gasteiger partial charge in [-0.05, 0) is 43.7 Å². The van der Waals surface area contributed by atoms with Crippen molar-refractivity contribution in [2.45, 2.75) is 26.3 Å². The Kier molecular flexibility index (Phi) is 6.74. The Morgan fingerprint density at radius 1 is 1.13 bits per heavy atom. The number of carbonyl (C=O) groups is 1. The number of anilines is 2. The Hall–Kier alpha value is -3.62. The van der Waals surface area contributed by atoms with E-state index in [0.717, 1.165) is 17.7 Å². The fourth-order valence-corrected chi connectivity index (χ4v) is 2.98. The lowest BCUT2D eigenvalue weighted by Crippen LogP contribution is -2.31. The van der Waals surface area contributed by atoms with Crippen LogP contribution in [0, 0.1) is 0 Å². The highest BCUT2D eigenvalue weighted by Gasteiger charge is 2.31. The number of aromatic nitrogens is 2. The number of ether oxygens (including phenoxy) is 1. The highest BCUT2D eigenvalue weighted by atomic mass is 19.4. The van der Waals surface area contributed by atoms with Gasteiger partial charge >= 0.3 is 6.36 Å². The lowest BCUT2D eigenvalue weighted by molar-refractivity contribution is -0.274. The molecule has 0 aliphatic carbocycles. The summed E-state index contributed by atoms with van der Waals surface area (Å²) < 4.78 is 41.4. The first-order valence-electron chi connectivity index (χ1n) is 9.59. The zero-order chi connectivity index (χ0) is 22.4. The van der Waals surface area contributed by atoms with Crippen LogP contribution in [0.5, 0.6) is 5.75 Å². The molecule has 3 aromatic rings. The molecule has 1 aromatic heterocycles. The Bertz CT molecular complexity index is 1030. The van der Waals surface area contributed by atoms with E-state index in [1.54, 1.807) is 13.0 Å². The van der Waals surface area contributed by atoms with Crippen molar-refractivity contribution in [2.24, 2.45) is 0 Å². The molecule has 0 unspecified atom stereocenters. The Morgan fingerprint density at radius 3 is 2.55 bits per heavy atom. The molecule has 162 valence electrons. The van der Waals surface area contributed by atoms with Crippen molar-refractivity contribution in [3.8, 4) is 5.75 Å². The number of carbonyl (C=O) groups excluding carboxylic acids is 1. The lowest BCUT2D eigenvalue weighted by Gasteiger charge is -2.21. The fourth-order valence-electron chi connectivity index (χ4n) is 2.98. The molecule has 1 amide bonds. The highest BCUT2D eigenvalue weighted by molar-refractivity contribution is 6.05. The van der Waals surface area contributed by atoms with Crippen molar-refractivity contribution in [3.63, 3.8) is 0 Å². The van der Waals surface area contributed by atoms with Gasteiger partial charge in [0.2, 0.25) is 5.95 Å². The first kappa shape index (κ1) is 22.1. The summed E-state index contributed by atoms with van der Waals surface area (Å²) in [6.07, 6.45) is -3.32. The fraction of sp³-hybridized carbons (Fsp3) is 0.227. The van der Waals surface area contributed by atoms with Gasteiger partial charge in [-0.2, -0.15) is 4.98 Å². The molecule has 9 heteroatoms. The molecular formula is C22H21F3N4O2. The van der Waals surface area contributed by atoms with Crippen LogP contribution in [0.2, 0.25) is 0 Å². The molecule has 1 heterocycles. The Morgan fingerprint density at radius 2 is 1.87 bits per heavy atom. The molecule has 1 atom stereocenters. The van der Waals surface area contributed by atoms with Crippen LogP contribution in [-0.4, -0.2) is 28.8 Å². The molecule has 0 aliphatic heterocycles. The van der Waals surface area contributed by atoms with Gasteiger partial charge in [-0.15, -0.1) is 13.2 Å². The number of nitrogens with zero attached hydrogens (tertiary/aromatic N) is 3. The highest BCUT2D eigenvalue weighted by Crippen LogP contribution is 2.25. The molecule has 0 saturated heterocycles. The second-order valence-electron chi connectivity index (χ2n) is 6.64. The van der Waals surface area contributed by atoms with Crippen LogP contribution in [0.1, 0.15) is 35.8 Å². The van der Waals surface area contributed by atoms with E-state index in [1.165, 1.54) is 23.2 Å². The Labute approximate surface area is 177 Å². The molecule has 0 saturated carbocycles. The summed E-state index contributed by atoms with van der Waals surface area (Å²) in [5, 5.41) is 3.19. The van der Waals surface area contributed by atoms with Gasteiger partial charge in [-0.25, -0.2) is 4.98 Å². The summed E-state index contributed by atoms with van der Waals surface area (Å²) in [7, 11) is 0. The molecule has 0 radical (unpaired) electrons. The number of benzene rings is 2. The van der Waals surface area contributed by atoms with Gasteiger partial charge < -0.3 is 10.1 Å². The molecule has 3 rings (SSSR count). The number of hydrogen-bond donors (Lipinski definition) is 1. The zero-order valence-electron chi connectivity index (χ0n) is 16.9. The van der Waals surface area contributed by atoms with Gasteiger partial charge in [0, 0.05) is 18.3 Å². The number of hydrogen-bond acceptors (Lipinski definition) is 5. The zero-order valence-corrected chi connectivity index (χ0v) is 16.9. The summed E-state index contributed by atoms with van der Waals surface area (Å²) in [5.74, 6) is -0.311. The minimum Gasteiger partial charge on any atom is -0.406 e. The predicted molar refractivity (Wildman–Crippen MR) is 111 cm³/mol. The molecule has 0 fully saturated rings. The quantitative estimate of drug-likeness (QED) is 0.557. The van der Waals surface area contributed by atoms with Crippen LogP contribution in [-0.2, 0) is 0 Å². The largest absolute Gasteiger partial charge is 0.573 e. The molecule has 0 spiro atoms. The number of halogens is 3. The standard InChI is InChI=1S/C22H21F3N4O2/c1-3-29(20(30)17-10-7-11-18(14-17)31-22(23,24)25)19-12-13-26-21(28-19)27-15(2)16-8-5-4-6-9-16/h4-15H,3H2,1-2H3,(H,26,27,28)/t15-/m0/s1. The maximum Gasteiger partial charge on any atom is 0.573 e. The smallest absolute Gasteiger partial charge is 0.406 e. The number of nitrogens with one attached hydrogen (secondary N) is 1. The van der Waals surface area contributed by atoms with Gasteiger partial charge in [0.15, 0.2) is 0 Å². The normalized spacial score (nSPS) is 12.2. The maximum atomic E-state index is 13.0. The second kappa shape index (κ2) is 9.46. The average molecular weight is 430 g/mol. The summed E-state index contributed by atoms with van der Waals surface area (Å²) in [4.78, 5) is 22.9. The van der Waals surface area contributed by atoms with Crippen LogP contribution >= 0.6 is 0 Å². The first-order chi connectivity index (χ1) is 14.8. The summed E-state index contributed by atoms with van der Waals surface area (Å²) in [6, 6.07) is 16.2. The number of rotatable bonds is 7. The van der Waals surface area contributed by atoms with Crippen LogP contribution in [0.25, 0.3) is 0 Å². The molecular weight excluding hydrogens is 409 g/mol. The summed E-state index contributed by atoms with van der Waals surface area (Å²) >= 11 is 0. The van der Waals surface area contributed by atoms with Gasteiger partial charge in [0.25, 0.3) is 5.91 Å². The van der Waals surface area contributed by atoms with Gasteiger partial charge in [0.1, 0.15) is 11.6 Å². The third-order valence-corrected chi connectivity index (χ3v) is 4.44. The summed E-state index contributed by atoms with van der Waals surface area (Å²) in [5.41, 5.74) is 1.09. The van der Waals surface area contributed by atoms with Crippen molar-refractivity contribution >= 4 is 17.7 Å². The lowest BCUT2D eigenvalue weighted by atomic mass is 10.1. The van der Waals surface area contributed by atoms with E-state index in [4.69, 9.17) is 0 Å². The molecule has 2 aromatic carbocycles. The van der Waals surface area contributed by atoms with E-state index >= 15 is 0 Å². The van der Waals surface area contributed by atoms with E-state index in [2.05, 4.69) is 20.0 Å².